The van der Waals surface area contributed by atoms with E-state index in [1.165, 1.54) is 12.8 Å². The monoisotopic (exact) mass is 320 g/mol. The number of rotatable bonds is 5. The average Bonchev–Trinajstić information content (AvgIpc) is 2.97. The highest BCUT2D eigenvalue weighted by molar-refractivity contribution is 5.56. The summed E-state index contributed by atoms with van der Waals surface area (Å²) in [6.45, 7) is 1.14. The van der Waals surface area contributed by atoms with Gasteiger partial charge >= 0.3 is 0 Å². The number of nitrogens with one attached hydrogen (secondary N) is 1. The molecular formula is C17H24N2O4. The lowest BCUT2D eigenvalue weighted by molar-refractivity contribution is -0.384. The molecule has 0 aromatic heterocycles. The topological polar surface area (TPSA) is 73.6 Å². The van der Waals surface area contributed by atoms with Crippen molar-refractivity contribution in [2.45, 2.75) is 56.8 Å². The number of nitro groups is 1. The third-order valence-corrected chi connectivity index (χ3v) is 4.97. The van der Waals surface area contributed by atoms with Gasteiger partial charge in [0.25, 0.3) is 5.69 Å². The van der Waals surface area contributed by atoms with Crippen LogP contribution in [-0.2, 0) is 16.1 Å². The highest BCUT2D eigenvalue weighted by Gasteiger charge is 2.39. The highest BCUT2D eigenvalue weighted by atomic mass is 16.6. The minimum absolute atomic E-state index is 0.0537. The van der Waals surface area contributed by atoms with Crippen molar-refractivity contribution in [3.63, 3.8) is 0 Å². The van der Waals surface area contributed by atoms with Gasteiger partial charge in [-0.15, -0.1) is 0 Å². The first-order valence-electron chi connectivity index (χ1n) is 8.29. The fourth-order valence-corrected chi connectivity index (χ4v) is 3.85. The van der Waals surface area contributed by atoms with Crippen LogP contribution in [-0.4, -0.2) is 30.3 Å². The number of benzene rings is 1. The summed E-state index contributed by atoms with van der Waals surface area (Å²) in [7, 11) is 1.60. The molecule has 1 N–H and O–H groups in total. The molecule has 1 spiro atoms. The zero-order valence-corrected chi connectivity index (χ0v) is 13.5. The number of methoxy groups -OCH3 is 1. The summed E-state index contributed by atoms with van der Waals surface area (Å²) in [6, 6.07) is 5.28. The number of nitro benzene ring substituents is 1. The zero-order valence-electron chi connectivity index (χ0n) is 13.5. The lowest BCUT2D eigenvalue weighted by Crippen LogP contribution is -2.42. The van der Waals surface area contributed by atoms with Crippen LogP contribution in [0.4, 0.5) is 11.4 Å². The molecule has 0 amide bonds. The first-order valence-corrected chi connectivity index (χ1v) is 8.29. The van der Waals surface area contributed by atoms with Crippen LogP contribution in [0.3, 0.4) is 0 Å². The van der Waals surface area contributed by atoms with Gasteiger partial charge in [0.2, 0.25) is 0 Å². The lowest BCUT2D eigenvalue weighted by Gasteiger charge is -2.39. The molecule has 0 radical (unpaired) electrons. The van der Waals surface area contributed by atoms with E-state index >= 15 is 0 Å². The van der Waals surface area contributed by atoms with Crippen LogP contribution in [0.15, 0.2) is 18.2 Å². The molecule has 1 aliphatic heterocycles. The largest absolute Gasteiger partial charge is 0.382 e. The molecule has 1 saturated heterocycles. The van der Waals surface area contributed by atoms with Gasteiger partial charge in [-0.2, -0.15) is 0 Å². The van der Waals surface area contributed by atoms with Crippen molar-refractivity contribution in [1.29, 1.82) is 0 Å². The maximum absolute atomic E-state index is 11.0. The minimum atomic E-state index is -0.370. The molecule has 1 heterocycles. The van der Waals surface area contributed by atoms with Crippen molar-refractivity contribution >= 4 is 11.4 Å². The molecule has 1 aliphatic carbocycles. The molecule has 23 heavy (non-hydrogen) atoms. The molecule has 1 unspecified atom stereocenters. The Morgan fingerprint density at radius 3 is 2.91 bits per heavy atom. The van der Waals surface area contributed by atoms with Crippen LogP contribution in [0.2, 0.25) is 0 Å². The van der Waals surface area contributed by atoms with E-state index in [1.807, 2.05) is 0 Å². The van der Waals surface area contributed by atoms with Crippen molar-refractivity contribution in [3.8, 4) is 0 Å². The van der Waals surface area contributed by atoms with E-state index in [9.17, 15) is 10.1 Å². The van der Waals surface area contributed by atoms with E-state index in [0.29, 0.717) is 12.6 Å². The molecular weight excluding hydrogens is 296 g/mol. The summed E-state index contributed by atoms with van der Waals surface area (Å²) < 4.78 is 11.3. The minimum Gasteiger partial charge on any atom is -0.382 e. The van der Waals surface area contributed by atoms with E-state index in [-0.39, 0.29) is 16.2 Å². The predicted octanol–water partition coefficient (Wildman–Crippen LogP) is 3.64. The van der Waals surface area contributed by atoms with Gasteiger partial charge in [0.1, 0.15) is 0 Å². The average molecular weight is 320 g/mol. The van der Waals surface area contributed by atoms with Crippen molar-refractivity contribution in [2.75, 3.05) is 19.0 Å². The predicted molar refractivity (Wildman–Crippen MR) is 87.6 cm³/mol. The number of hydrogen-bond acceptors (Lipinski definition) is 5. The smallest absolute Gasteiger partial charge is 0.269 e. The quantitative estimate of drug-likeness (QED) is 0.662. The summed E-state index contributed by atoms with van der Waals surface area (Å²) >= 11 is 0. The molecule has 3 rings (SSSR count). The Morgan fingerprint density at radius 1 is 1.43 bits per heavy atom. The first kappa shape index (κ1) is 16.2. The van der Waals surface area contributed by atoms with Crippen molar-refractivity contribution in [1.82, 2.24) is 0 Å². The van der Waals surface area contributed by atoms with Crippen LogP contribution in [0.5, 0.6) is 0 Å². The van der Waals surface area contributed by atoms with Gasteiger partial charge in [0.15, 0.2) is 0 Å². The molecule has 2 fully saturated rings. The Bertz CT molecular complexity index is 570. The molecule has 1 saturated carbocycles. The number of nitrogens with zero attached hydrogens (tertiary/aromatic N) is 1. The maximum atomic E-state index is 11.0. The van der Waals surface area contributed by atoms with E-state index in [0.717, 1.165) is 43.5 Å². The van der Waals surface area contributed by atoms with Crippen LogP contribution in [0, 0.1) is 10.1 Å². The van der Waals surface area contributed by atoms with Gasteiger partial charge in [-0.05, 0) is 31.7 Å². The SMILES string of the molecule is COCc1cc([N+](=O)[O-])ccc1NC1CCOC2(CCCC2)C1. The van der Waals surface area contributed by atoms with Crippen molar-refractivity contribution in [2.24, 2.45) is 0 Å². The second-order valence-corrected chi connectivity index (χ2v) is 6.60. The van der Waals surface area contributed by atoms with E-state index in [4.69, 9.17) is 9.47 Å². The van der Waals surface area contributed by atoms with Gasteiger partial charge in [-0.1, -0.05) is 12.8 Å². The molecule has 1 atom stereocenters. The van der Waals surface area contributed by atoms with Crippen LogP contribution >= 0.6 is 0 Å². The molecule has 2 aliphatic rings. The Balaban J connectivity index is 1.74. The van der Waals surface area contributed by atoms with Crippen LogP contribution in [0.25, 0.3) is 0 Å². The Hall–Kier alpha value is -1.66. The Labute approximate surface area is 136 Å². The second-order valence-electron chi connectivity index (χ2n) is 6.60. The van der Waals surface area contributed by atoms with E-state index in [2.05, 4.69) is 5.32 Å². The molecule has 0 bridgehead atoms. The number of ether oxygens (including phenoxy) is 2. The third-order valence-electron chi connectivity index (χ3n) is 4.97. The normalized spacial score (nSPS) is 23.1. The summed E-state index contributed by atoms with van der Waals surface area (Å²) in [5.74, 6) is 0. The lowest BCUT2D eigenvalue weighted by atomic mass is 9.88. The maximum Gasteiger partial charge on any atom is 0.269 e. The second kappa shape index (κ2) is 6.84. The summed E-state index contributed by atoms with van der Waals surface area (Å²) in [4.78, 5) is 10.6. The number of non-ortho nitro benzene ring substituents is 1. The van der Waals surface area contributed by atoms with Gasteiger partial charge in [-0.3, -0.25) is 10.1 Å². The summed E-state index contributed by atoms with van der Waals surface area (Å²) in [5.41, 5.74) is 1.91. The first-order chi connectivity index (χ1) is 11.1. The molecule has 6 nitrogen and oxygen atoms in total. The van der Waals surface area contributed by atoms with Crippen LogP contribution in [0.1, 0.15) is 44.1 Å². The number of anilines is 1. The fraction of sp³-hybridized carbons (Fsp3) is 0.647. The standard InChI is InChI=1S/C17H24N2O4/c1-22-12-13-10-15(19(20)21)4-5-16(13)18-14-6-9-23-17(11-14)7-2-3-8-17/h4-5,10,14,18H,2-3,6-9,11-12H2,1H3. The van der Waals surface area contributed by atoms with Crippen molar-refractivity contribution in [3.05, 3.63) is 33.9 Å². The Kier molecular flexibility index (Phi) is 4.82. The van der Waals surface area contributed by atoms with Crippen molar-refractivity contribution < 1.29 is 14.4 Å². The fourth-order valence-electron chi connectivity index (χ4n) is 3.85. The van der Waals surface area contributed by atoms with E-state index in [1.54, 1.807) is 25.3 Å². The van der Waals surface area contributed by atoms with E-state index < -0.39 is 0 Å². The zero-order chi connectivity index (χ0) is 16.3. The third kappa shape index (κ3) is 3.64. The van der Waals surface area contributed by atoms with Crippen LogP contribution < -0.4 is 5.32 Å². The molecule has 126 valence electrons. The highest BCUT2D eigenvalue weighted by Crippen LogP contribution is 2.40. The molecule has 1 aromatic carbocycles. The van der Waals surface area contributed by atoms with Gasteiger partial charge in [0, 0.05) is 43.1 Å². The van der Waals surface area contributed by atoms with Gasteiger partial charge in [-0.25, -0.2) is 0 Å². The number of hydrogen-bond donors (Lipinski definition) is 1. The Morgan fingerprint density at radius 2 is 2.22 bits per heavy atom. The molecule has 1 aromatic rings. The van der Waals surface area contributed by atoms with Gasteiger partial charge < -0.3 is 14.8 Å². The summed E-state index contributed by atoms with van der Waals surface area (Å²) in [6.07, 6.45) is 6.77. The van der Waals surface area contributed by atoms with Gasteiger partial charge in [0.05, 0.1) is 17.1 Å². The summed E-state index contributed by atoms with van der Waals surface area (Å²) in [5, 5.41) is 14.5. The molecule has 6 heteroatoms.